The summed E-state index contributed by atoms with van der Waals surface area (Å²) in [5.74, 6) is 1.62. The SMILES string of the molecule is CN(C)CCOc1ccc(/C(=C(/CCCl)c2ccc(O)cc2)c2ccccc2)cc1. The minimum Gasteiger partial charge on any atom is -0.508 e. The molecule has 0 amide bonds. The van der Waals surface area contributed by atoms with Crippen molar-refractivity contribution in [3.8, 4) is 11.5 Å². The predicted octanol–water partition coefficient (Wildman–Crippen LogP) is 5.92. The summed E-state index contributed by atoms with van der Waals surface area (Å²) in [6.07, 6.45) is 0.720. The van der Waals surface area contributed by atoms with Gasteiger partial charge in [0.05, 0.1) is 0 Å². The van der Waals surface area contributed by atoms with Gasteiger partial charge in [-0.25, -0.2) is 0 Å². The highest BCUT2D eigenvalue weighted by atomic mass is 35.5. The average molecular weight is 422 g/mol. The molecule has 3 aromatic rings. The Morgan fingerprint density at radius 2 is 1.43 bits per heavy atom. The van der Waals surface area contributed by atoms with Crippen LogP contribution in [0.1, 0.15) is 23.1 Å². The predicted molar refractivity (Wildman–Crippen MR) is 126 cm³/mol. The van der Waals surface area contributed by atoms with Crippen molar-refractivity contribution in [3.05, 3.63) is 95.6 Å². The van der Waals surface area contributed by atoms with Crippen molar-refractivity contribution >= 4 is 22.7 Å². The minimum absolute atomic E-state index is 0.254. The number of benzene rings is 3. The molecule has 4 heteroatoms. The number of phenolic OH excluding ortho intramolecular Hbond substituents is 1. The lowest BCUT2D eigenvalue weighted by Gasteiger charge is -2.17. The molecule has 3 aromatic carbocycles. The van der Waals surface area contributed by atoms with Crippen LogP contribution in [0.3, 0.4) is 0 Å². The van der Waals surface area contributed by atoms with Crippen LogP contribution in [-0.4, -0.2) is 43.1 Å². The van der Waals surface area contributed by atoms with Crippen LogP contribution in [-0.2, 0) is 0 Å². The Kier molecular flexibility index (Phi) is 7.95. The summed E-state index contributed by atoms with van der Waals surface area (Å²) in [6, 6.07) is 25.9. The standard InChI is InChI=1S/C26H28ClNO2/c1-28(2)18-19-30-24-14-10-22(11-15-24)26(21-6-4-3-5-7-21)25(16-17-27)20-8-12-23(29)13-9-20/h3-15,29H,16-19H2,1-2H3/b26-25-. The van der Waals surface area contributed by atoms with Crippen molar-refractivity contribution in [2.45, 2.75) is 6.42 Å². The van der Waals surface area contributed by atoms with Gasteiger partial charge < -0.3 is 14.7 Å². The fraction of sp³-hybridized carbons (Fsp3) is 0.231. The lowest BCUT2D eigenvalue weighted by molar-refractivity contribution is 0.261. The van der Waals surface area contributed by atoms with E-state index in [0.29, 0.717) is 12.5 Å². The van der Waals surface area contributed by atoms with E-state index in [0.717, 1.165) is 46.6 Å². The van der Waals surface area contributed by atoms with E-state index in [1.165, 1.54) is 0 Å². The van der Waals surface area contributed by atoms with Crippen LogP contribution in [0.5, 0.6) is 11.5 Å². The van der Waals surface area contributed by atoms with Crippen LogP contribution in [0.15, 0.2) is 78.9 Å². The molecule has 3 nitrogen and oxygen atoms in total. The smallest absolute Gasteiger partial charge is 0.119 e. The fourth-order valence-electron chi connectivity index (χ4n) is 3.35. The van der Waals surface area contributed by atoms with E-state index in [-0.39, 0.29) is 5.75 Å². The van der Waals surface area contributed by atoms with Crippen molar-refractivity contribution in [2.75, 3.05) is 33.1 Å². The van der Waals surface area contributed by atoms with E-state index in [1.807, 2.05) is 56.6 Å². The summed E-state index contributed by atoms with van der Waals surface area (Å²) < 4.78 is 5.86. The Hall–Kier alpha value is -2.75. The number of ether oxygens (including phenoxy) is 1. The molecule has 3 rings (SSSR count). The van der Waals surface area contributed by atoms with Crippen LogP contribution < -0.4 is 4.74 Å². The Bertz CT molecular complexity index is 949. The van der Waals surface area contributed by atoms with Crippen LogP contribution in [0, 0.1) is 0 Å². The van der Waals surface area contributed by atoms with E-state index < -0.39 is 0 Å². The van der Waals surface area contributed by atoms with Crippen molar-refractivity contribution in [3.63, 3.8) is 0 Å². The van der Waals surface area contributed by atoms with Gasteiger partial charge in [-0.05, 0) is 72.6 Å². The first-order chi connectivity index (χ1) is 14.6. The number of nitrogens with zero attached hydrogens (tertiary/aromatic N) is 1. The molecule has 0 radical (unpaired) electrons. The highest BCUT2D eigenvalue weighted by molar-refractivity contribution is 6.18. The first-order valence-electron chi connectivity index (χ1n) is 10.1. The molecule has 0 heterocycles. The van der Waals surface area contributed by atoms with Crippen LogP contribution in [0.4, 0.5) is 0 Å². The third kappa shape index (κ3) is 5.88. The maximum atomic E-state index is 9.72. The summed E-state index contributed by atoms with van der Waals surface area (Å²) in [4.78, 5) is 2.10. The van der Waals surface area contributed by atoms with E-state index in [1.54, 1.807) is 12.1 Å². The van der Waals surface area contributed by atoms with E-state index >= 15 is 0 Å². The molecule has 0 saturated carbocycles. The Labute approximate surface area is 184 Å². The van der Waals surface area contributed by atoms with Gasteiger partial charge in [-0.1, -0.05) is 54.6 Å². The van der Waals surface area contributed by atoms with Crippen LogP contribution >= 0.6 is 11.6 Å². The molecule has 0 spiro atoms. The lowest BCUT2D eigenvalue weighted by Crippen LogP contribution is -2.19. The third-order valence-corrected chi connectivity index (χ3v) is 5.06. The quantitative estimate of drug-likeness (QED) is 0.344. The zero-order chi connectivity index (χ0) is 21.3. The fourth-order valence-corrected chi connectivity index (χ4v) is 3.54. The first-order valence-corrected chi connectivity index (χ1v) is 10.6. The Balaban J connectivity index is 2.04. The van der Waals surface area contributed by atoms with Gasteiger partial charge in [-0.3, -0.25) is 0 Å². The lowest BCUT2D eigenvalue weighted by atomic mass is 9.88. The molecular weight excluding hydrogens is 394 g/mol. The summed E-state index contributed by atoms with van der Waals surface area (Å²) in [6.45, 7) is 1.52. The van der Waals surface area contributed by atoms with Crippen molar-refractivity contribution in [1.29, 1.82) is 0 Å². The molecular formula is C26H28ClNO2. The monoisotopic (exact) mass is 421 g/mol. The number of likely N-dealkylation sites (N-methyl/N-ethyl adjacent to an activating group) is 1. The molecule has 30 heavy (non-hydrogen) atoms. The van der Waals surface area contributed by atoms with Crippen molar-refractivity contribution in [2.24, 2.45) is 0 Å². The van der Waals surface area contributed by atoms with Gasteiger partial charge in [0.2, 0.25) is 0 Å². The minimum atomic E-state index is 0.254. The molecule has 0 aromatic heterocycles. The maximum absolute atomic E-state index is 9.72. The highest BCUT2D eigenvalue weighted by Crippen LogP contribution is 2.35. The first kappa shape index (κ1) is 21.9. The molecule has 0 saturated heterocycles. The van der Waals surface area contributed by atoms with Crippen LogP contribution in [0.2, 0.25) is 0 Å². The number of alkyl halides is 1. The number of allylic oxidation sites excluding steroid dienone is 1. The average Bonchev–Trinajstić information content (AvgIpc) is 2.76. The zero-order valence-electron chi connectivity index (χ0n) is 17.5. The molecule has 0 aliphatic heterocycles. The summed E-state index contributed by atoms with van der Waals surface area (Å²) in [5.41, 5.74) is 5.58. The van der Waals surface area contributed by atoms with E-state index in [4.69, 9.17) is 16.3 Å². The molecule has 0 fully saturated rings. The van der Waals surface area contributed by atoms with Gasteiger partial charge in [0.25, 0.3) is 0 Å². The number of hydrogen-bond donors (Lipinski definition) is 1. The molecule has 1 N–H and O–H groups in total. The number of hydrogen-bond acceptors (Lipinski definition) is 3. The van der Waals surface area contributed by atoms with Gasteiger partial charge in [-0.2, -0.15) is 0 Å². The largest absolute Gasteiger partial charge is 0.508 e. The Morgan fingerprint density at radius 3 is 2.03 bits per heavy atom. The van der Waals surface area contributed by atoms with Gasteiger partial charge in [0, 0.05) is 12.4 Å². The highest BCUT2D eigenvalue weighted by Gasteiger charge is 2.14. The molecule has 0 aliphatic carbocycles. The molecule has 0 atom stereocenters. The number of aromatic hydroxyl groups is 1. The van der Waals surface area contributed by atoms with E-state index in [2.05, 4.69) is 29.2 Å². The number of halogens is 1. The van der Waals surface area contributed by atoms with Crippen LogP contribution in [0.25, 0.3) is 11.1 Å². The number of phenols is 1. The second-order valence-electron chi connectivity index (χ2n) is 7.38. The van der Waals surface area contributed by atoms with Crippen molar-refractivity contribution in [1.82, 2.24) is 4.90 Å². The summed E-state index contributed by atoms with van der Waals surface area (Å²) >= 11 is 6.20. The maximum Gasteiger partial charge on any atom is 0.119 e. The topological polar surface area (TPSA) is 32.7 Å². The Morgan fingerprint density at radius 1 is 0.833 bits per heavy atom. The van der Waals surface area contributed by atoms with Gasteiger partial charge in [-0.15, -0.1) is 11.6 Å². The third-order valence-electron chi connectivity index (χ3n) is 4.87. The molecule has 0 aliphatic rings. The summed E-state index contributed by atoms with van der Waals surface area (Å²) in [5, 5.41) is 9.72. The van der Waals surface area contributed by atoms with Crippen molar-refractivity contribution < 1.29 is 9.84 Å². The summed E-state index contributed by atoms with van der Waals surface area (Å²) in [7, 11) is 4.07. The molecule has 0 unspecified atom stereocenters. The second-order valence-corrected chi connectivity index (χ2v) is 7.76. The van der Waals surface area contributed by atoms with Gasteiger partial charge >= 0.3 is 0 Å². The normalized spacial score (nSPS) is 12.0. The molecule has 0 bridgehead atoms. The second kappa shape index (κ2) is 10.9. The molecule has 156 valence electrons. The number of rotatable bonds is 9. The zero-order valence-corrected chi connectivity index (χ0v) is 18.3. The van der Waals surface area contributed by atoms with Gasteiger partial charge in [0.15, 0.2) is 0 Å². The van der Waals surface area contributed by atoms with E-state index in [9.17, 15) is 5.11 Å². The van der Waals surface area contributed by atoms with Gasteiger partial charge in [0.1, 0.15) is 18.1 Å².